The van der Waals surface area contributed by atoms with Gasteiger partial charge in [0.25, 0.3) is 0 Å². The number of nitrogens with two attached hydrogens (primary N) is 1. The molecule has 2 atom stereocenters. The van der Waals surface area contributed by atoms with Crippen LogP contribution in [0.2, 0.25) is 0 Å². The molecule has 1 aromatic carbocycles. The fourth-order valence-corrected chi connectivity index (χ4v) is 3.62. The Hall–Kier alpha value is -1.25. The van der Waals surface area contributed by atoms with Crippen molar-refractivity contribution in [2.75, 3.05) is 23.7 Å². The smallest absolute Gasteiger partial charge is 0.148 e. The van der Waals surface area contributed by atoms with Gasteiger partial charge in [-0.2, -0.15) is 0 Å². The SMILES string of the molecule is Nc1c(F)cccc1N1CCC2CCCCC2C1. The molecule has 18 heavy (non-hydrogen) atoms. The van der Waals surface area contributed by atoms with Gasteiger partial charge in [-0.15, -0.1) is 0 Å². The Kier molecular flexibility index (Phi) is 3.14. The molecule has 0 bridgehead atoms. The Morgan fingerprint density at radius 2 is 1.89 bits per heavy atom. The molecule has 0 spiro atoms. The molecular weight excluding hydrogens is 227 g/mol. The van der Waals surface area contributed by atoms with E-state index in [4.69, 9.17) is 5.73 Å². The molecule has 0 aromatic heterocycles. The number of para-hydroxylation sites is 1. The second kappa shape index (κ2) is 4.79. The quantitative estimate of drug-likeness (QED) is 0.772. The number of anilines is 2. The number of fused-ring (bicyclic) bond motifs is 1. The van der Waals surface area contributed by atoms with Crippen molar-refractivity contribution in [3.8, 4) is 0 Å². The lowest BCUT2D eigenvalue weighted by atomic mass is 9.75. The summed E-state index contributed by atoms with van der Waals surface area (Å²) < 4.78 is 13.5. The van der Waals surface area contributed by atoms with Crippen LogP contribution < -0.4 is 10.6 Å². The summed E-state index contributed by atoms with van der Waals surface area (Å²) in [4.78, 5) is 2.28. The highest BCUT2D eigenvalue weighted by molar-refractivity contribution is 5.68. The largest absolute Gasteiger partial charge is 0.395 e. The summed E-state index contributed by atoms with van der Waals surface area (Å²) in [5.41, 5.74) is 7.06. The molecule has 1 saturated heterocycles. The molecule has 1 aliphatic carbocycles. The van der Waals surface area contributed by atoms with Gasteiger partial charge in [0, 0.05) is 13.1 Å². The van der Waals surface area contributed by atoms with Gasteiger partial charge >= 0.3 is 0 Å². The Balaban J connectivity index is 1.79. The zero-order valence-electron chi connectivity index (χ0n) is 10.7. The molecule has 0 amide bonds. The summed E-state index contributed by atoms with van der Waals surface area (Å²) in [5, 5.41) is 0. The van der Waals surface area contributed by atoms with E-state index in [-0.39, 0.29) is 5.82 Å². The van der Waals surface area contributed by atoms with Crippen molar-refractivity contribution in [1.29, 1.82) is 0 Å². The predicted molar refractivity (Wildman–Crippen MR) is 73.1 cm³/mol. The molecular formula is C15H21FN2. The van der Waals surface area contributed by atoms with Crippen LogP contribution in [0.1, 0.15) is 32.1 Å². The molecule has 2 fully saturated rings. The molecule has 1 aromatic rings. The summed E-state index contributed by atoms with van der Waals surface area (Å²) >= 11 is 0. The van der Waals surface area contributed by atoms with Gasteiger partial charge in [0.2, 0.25) is 0 Å². The van der Waals surface area contributed by atoms with Crippen molar-refractivity contribution in [3.05, 3.63) is 24.0 Å². The molecule has 1 heterocycles. The number of hydrogen-bond acceptors (Lipinski definition) is 2. The first kappa shape index (κ1) is 11.8. The standard InChI is InChI=1S/C15H21FN2/c16-13-6-3-7-14(15(13)17)18-9-8-11-4-1-2-5-12(11)10-18/h3,6-7,11-12H,1-2,4-5,8-10,17H2. The normalized spacial score (nSPS) is 27.9. The van der Waals surface area contributed by atoms with Crippen LogP contribution in [-0.4, -0.2) is 13.1 Å². The highest BCUT2D eigenvalue weighted by Gasteiger charge is 2.31. The molecule has 1 aliphatic heterocycles. The van der Waals surface area contributed by atoms with Gasteiger partial charge in [-0.3, -0.25) is 0 Å². The van der Waals surface area contributed by atoms with E-state index >= 15 is 0 Å². The van der Waals surface area contributed by atoms with E-state index in [9.17, 15) is 4.39 Å². The van der Waals surface area contributed by atoms with E-state index in [1.165, 1.54) is 38.2 Å². The first-order chi connectivity index (χ1) is 8.75. The molecule has 1 saturated carbocycles. The third kappa shape index (κ3) is 2.06. The van der Waals surface area contributed by atoms with Crippen LogP contribution in [-0.2, 0) is 0 Å². The minimum Gasteiger partial charge on any atom is -0.395 e. The Labute approximate surface area is 108 Å². The van der Waals surface area contributed by atoms with Crippen LogP contribution in [0.15, 0.2) is 18.2 Å². The Morgan fingerprint density at radius 3 is 2.72 bits per heavy atom. The van der Waals surface area contributed by atoms with E-state index in [1.807, 2.05) is 6.07 Å². The monoisotopic (exact) mass is 248 g/mol. The molecule has 2 nitrogen and oxygen atoms in total. The van der Waals surface area contributed by atoms with Gasteiger partial charge in [-0.1, -0.05) is 25.3 Å². The predicted octanol–water partition coefficient (Wildman–Crippen LogP) is 3.42. The highest BCUT2D eigenvalue weighted by atomic mass is 19.1. The van der Waals surface area contributed by atoms with Crippen LogP contribution in [0.3, 0.4) is 0 Å². The van der Waals surface area contributed by atoms with Gasteiger partial charge in [-0.25, -0.2) is 4.39 Å². The number of nitrogen functional groups attached to an aromatic ring is 1. The molecule has 3 rings (SSSR count). The summed E-state index contributed by atoms with van der Waals surface area (Å²) in [7, 11) is 0. The molecule has 0 radical (unpaired) electrons. The topological polar surface area (TPSA) is 29.3 Å². The van der Waals surface area contributed by atoms with Crippen molar-refractivity contribution in [2.45, 2.75) is 32.1 Å². The van der Waals surface area contributed by atoms with E-state index in [0.717, 1.165) is 30.6 Å². The maximum atomic E-state index is 13.5. The fourth-order valence-electron chi connectivity index (χ4n) is 3.62. The summed E-state index contributed by atoms with van der Waals surface area (Å²) in [6, 6.07) is 5.14. The van der Waals surface area contributed by atoms with Crippen LogP contribution >= 0.6 is 0 Å². The number of hydrogen-bond donors (Lipinski definition) is 1. The number of nitrogens with zero attached hydrogens (tertiary/aromatic N) is 1. The van der Waals surface area contributed by atoms with Crippen molar-refractivity contribution < 1.29 is 4.39 Å². The number of piperidine rings is 1. The minimum atomic E-state index is -0.293. The molecule has 2 unspecified atom stereocenters. The van der Waals surface area contributed by atoms with Crippen molar-refractivity contribution in [2.24, 2.45) is 11.8 Å². The Morgan fingerprint density at radius 1 is 1.11 bits per heavy atom. The zero-order chi connectivity index (χ0) is 12.5. The minimum absolute atomic E-state index is 0.293. The van der Waals surface area contributed by atoms with Crippen molar-refractivity contribution in [3.63, 3.8) is 0 Å². The van der Waals surface area contributed by atoms with Crippen LogP contribution in [0, 0.1) is 17.7 Å². The third-order valence-corrected chi connectivity index (χ3v) is 4.66. The van der Waals surface area contributed by atoms with Gasteiger partial charge in [0.1, 0.15) is 5.82 Å². The maximum Gasteiger partial charge on any atom is 0.148 e. The van der Waals surface area contributed by atoms with Crippen LogP contribution in [0.5, 0.6) is 0 Å². The van der Waals surface area contributed by atoms with Gasteiger partial charge in [-0.05, 0) is 36.8 Å². The lowest BCUT2D eigenvalue weighted by Gasteiger charge is -2.42. The first-order valence-corrected chi connectivity index (χ1v) is 7.04. The second-order valence-electron chi connectivity index (χ2n) is 5.71. The van der Waals surface area contributed by atoms with Crippen LogP contribution in [0.25, 0.3) is 0 Å². The molecule has 2 N–H and O–H groups in total. The number of benzene rings is 1. The summed E-state index contributed by atoms with van der Waals surface area (Å²) in [6.07, 6.45) is 6.70. The van der Waals surface area contributed by atoms with Crippen LogP contribution in [0.4, 0.5) is 15.8 Å². The third-order valence-electron chi connectivity index (χ3n) is 4.66. The zero-order valence-corrected chi connectivity index (χ0v) is 10.7. The summed E-state index contributed by atoms with van der Waals surface area (Å²) in [5.74, 6) is 1.39. The number of rotatable bonds is 1. The second-order valence-corrected chi connectivity index (χ2v) is 5.71. The van der Waals surface area contributed by atoms with E-state index in [0.29, 0.717) is 5.69 Å². The average Bonchev–Trinajstić information content (AvgIpc) is 2.41. The number of halogens is 1. The van der Waals surface area contributed by atoms with E-state index in [1.54, 1.807) is 6.07 Å². The lowest BCUT2D eigenvalue weighted by Crippen LogP contribution is -2.42. The van der Waals surface area contributed by atoms with Crippen molar-refractivity contribution >= 4 is 11.4 Å². The van der Waals surface area contributed by atoms with Gasteiger partial charge in [0.15, 0.2) is 0 Å². The van der Waals surface area contributed by atoms with E-state index < -0.39 is 0 Å². The Bertz CT molecular complexity index is 433. The van der Waals surface area contributed by atoms with E-state index in [2.05, 4.69) is 4.90 Å². The fraction of sp³-hybridized carbons (Fsp3) is 0.600. The highest BCUT2D eigenvalue weighted by Crippen LogP contribution is 2.38. The lowest BCUT2D eigenvalue weighted by molar-refractivity contribution is 0.202. The first-order valence-electron chi connectivity index (χ1n) is 7.04. The van der Waals surface area contributed by atoms with Crippen molar-refractivity contribution in [1.82, 2.24) is 0 Å². The van der Waals surface area contributed by atoms with Gasteiger partial charge in [0.05, 0.1) is 11.4 Å². The molecule has 3 heteroatoms. The molecule has 2 aliphatic rings. The summed E-state index contributed by atoms with van der Waals surface area (Å²) in [6.45, 7) is 2.08. The van der Waals surface area contributed by atoms with Gasteiger partial charge < -0.3 is 10.6 Å². The molecule has 98 valence electrons. The maximum absolute atomic E-state index is 13.5. The average molecular weight is 248 g/mol.